The van der Waals surface area contributed by atoms with Crippen molar-refractivity contribution < 1.29 is 24.2 Å². The number of hydrogen-bond donors (Lipinski definition) is 2. The van der Waals surface area contributed by atoms with Crippen LogP contribution in [0, 0.1) is 0 Å². The van der Waals surface area contributed by atoms with E-state index in [0.717, 1.165) is 22.3 Å². The number of benzene rings is 3. The Labute approximate surface area is 178 Å². The fourth-order valence-electron chi connectivity index (χ4n) is 3.59. The second kappa shape index (κ2) is 8.47. The summed E-state index contributed by atoms with van der Waals surface area (Å²) in [5.74, 6) is -0.914. The lowest BCUT2D eigenvalue weighted by molar-refractivity contribution is -0.139. The molecule has 3 aromatic carbocycles. The molecule has 2 N–H and O–H groups in total. The van der Waals surface area contributed by atoms with Crippen molar-refractivity contribution in [3.63, 3.8) is 0 Å². The van der Waals surface area contributed by atoms with Gasteiger partial charge in [0.05, 0.1) is 5.02 Å². The van der Waals surface area contributed by atoms with Crippen LogP contribution >= 0.6 is 11.6 Å². The standard InChI is InChI=1S/C23H18ClNO5/c24-20-11-14(9-10-21(20)29-13-22(26)27)25-23(28)30-12-19-17-7-3-1-5-15(17)16-6-2-4-8-18(16)19/h1-11,19H,12-13H2,(H,25,28)(H,26,27). The molecule has 0 fully saturated rings. The number of amides is 1. The smallest absolute Gasteiger partial charge is 0.411 e. The molecule has 4 rings (SSSR count). The Kier molecular flexibility index (Phi) is 5.59. The lowest BCUT2D eigenvalue weighted by atomic mass is 9.98. The Morgan fingerprint density at radius 2 is 1.60 bits per heavy atom. The lowest BCUT2D eigenvalue weighted by Gasteiger charge is -2.15. The molecule has 0 heterocycles. The number of halogens is 1. The van der Waals surface area contributed by atoms with Gasteiger partial charge in [0.1, 0.15) is 12.4 Å². The van der Waals surface area contributed by atoms with Gasteiger partial charge in [0.2, 0.25) is 0 Å². The Morgan fingerprint density at radius 1 is 0.967 bits per heavy atom. The van der Waals surface area contributed by atoms with Gasteiger partial charge in [-0.05, 0) is 40.5 Å². The summed E-state index contributed by atoms with van der Waals surface area (Å²) < 4.78 is 10.6. The van der Waals surface area contributed by atoms with Gasteiger partial charge < -0.3 is 14.6 Å². The highest BCUT2D eigenvalue weighted by molar-refractivity contribution is 6.32. The minimum absolute atomic E-state index is 0.0291. The second-order valence-corrected chi connectivity index (χ2v) is 7.19. The Morgan fingerprint density at radius 3 is 2.20 bits per heavy atom. The molecule has 0 radical (unpaired) electrons. The zero-order valence-corrected chi connectivity index (χ0v) is 16.6. The Hall–Kier alpha value is -3.51. The van der Waals surface area contributed by atoms with Crippen LogP contribution in [0.25, 0.3) is 11.1 Å². The van der Waals surface area contributed by atoms with Crippen LogP contribution in [-0.2, 0) is 9.53 Å². The van der Waals surface area contributed by atoms with Crippen molar-refractivity contribution in [3.8, 4) is 16.9 Å². The fraction of sp³-hybridized carbons (Fsp3) is 0.130. The number of carbonyl (C=O) groups excluding carboxylic acids is 1. The van der Waals surface area contributed by atoms with E-state index in [1.165, 1.54) is 12.1 Å². The van der Waals surface area contributed by atoms with E-state index in [4.69, 9.17) is 26.2 Å². The topological polar surface area (TPSA) is 84.9 Å². The summed E-state index contributed by atoms with van der Waals surface area (Å²) in [5, 5.41) is 11.5. The zero-order valence-electron chi connectivity index (χ0n) is 15.8. The summed E-state index contributed by atoms with van der Waals surface area (Å²) in [6, 6.07) is 20.7. The van der Waals surface area contributed by atoms with Gasteiger partial charge in [-0.2, -0.15) is 0 Å². The summed E-state index contributed by atoms with van der Waals surface area (Å²) in [6.45, 7) is -0.299. The van der Waals surface area contributed by atoms with Gasteiger partial charge in [-0.25, -0.2) is 9.59 Å². The molecule has 0 bridgehead atoms. The molecule has 0 saturated carbocycles. The molecule has 0 unspecified atom stereocenters. The molecule has 6 nitrogen and oxygen atoms in total. The van der Waals surface area contributed by atoms with Crippen LogP contribution in [0.1, 0.15) is 17.0 Å². The molecule has 30 heavy (non-hydrogen) atoms. The maximum Gasteiger partial charge on any atom is 0.411 e. The van der Waals surface area contributed by atoms with Gasteiger partial charge in [0.15, 0.2) is 6.61 Å². The number of carboxylic acid groups (broad SMARTS) is 1. The number of ether oxygens (including phenoxy) is 2. The van der Waals surface area contributed by atoms with Gasteiger partial charge in [-0.15, -0.1) is 0 Å². The summed E-state index contributed by atoms with van der Waals surface area (Å²) in [4.78, 5) is 22.9. The maximum absolute atomic E-state index is 12.3. The molecule has 7 heteroatoms. The maximum atomic E-state index is 12.3. The highest BCUT2D eigenvalue weighted by atomic mass is 35.5. The predicted octanol–water partition coefficient (Wildman–Crippen LogP) is 5.16. The minimum Gasteiger partial charge on any atom is -0.480 e. The number of hydrogen-bond acceptors (Lipinski definition) is 4. The molecule has 0 aliphatic heterocycles. The van der Waals surface area contributed by atoms with Crippen molar-refractivity contribution in [3.05, 3.63) is 82.9 Å². The first kappa shape index (κ1) is 19.8. The van der Waals surface area contributed by atoms with Crippen molar-refractivity contribution in [2.75, 3.05) is 18.5 Å². The molecule has 0 spiro atoms. The van der Waals surface area contributed by atoms with Crippen LogP contribution in [0.3, 0.4) is 0 Å². The minimum atomic E-state index is -1.10. The first-order valence-electron chi connectivity index (χ1n) is 9.29. The largest absolute Gasteiger partial charge is 0.480 e. The summed E-state index contributed by atoms with van der Waals surface area (Å²) in [6.07, 6.45) is -0.605. The SMILES string of the molecule is O=C(O)COc1ccc(NC(=O)OCC2c3ccccc3-c3ccccc32)cc1Cl. The van der Waals surface area contributed by atoms with Gasteiger partial charge in [0.25, 0.3) is 0 Å². The molecular weight excluding hydrogens is 406 g/mol. The number of carboxylic acids is 1. The number of aliphatic carboxylic acids is 1. The van der Waals surface area contributed by atoms with Gasteiger partial charge in [0, 0.05) is 11.6 Å². The normalized spacial score (nSPS) is 12.0. The van der Waals surface area contributed by atoms with E-state index in [9.17, 15) is 9.59 Å². The van der Waals surface area contributed by atoms with Crippen LogP contribution in [0.4, 0.5) is 10.5 Å². The first-order chi connectivity index (χ1) is 14.5. The van der Waals surface area contributed by atoms with Gasteiger partial charge in [-0.3, -0.25) is 5.32 Å². The van der Waals surface area contributed by atoms with Crippen molar-refractivity contribution >= 4 is 29.4 Å². The monoisotopic (exact) mass is 423 g/mol. The molecule has 1 aliphatic rings. The van der Waals surface area contributed by atoms with Gasteiger partial charge in [-0.1, -0.05) is 60.1 Å². The Bertz CT molecular complexity index is 1070. The summed E-state index contributed by atoms with van der Waals surface area (Å²) >= 11 is 6.08. The summed E-state index contributed by atoms with van der Waals surface area (Å²) in [7, 11) is 0. The number of rotatable bonds is 6. The third kappa shape index (κ3) is 4.09. The molecule has 152 valence electrons. The van der Waals surface area contributed by atoms with Crippen LogP contribution in [0.5, 0.6) is 5.75 Å². The van der Waals surface area contributed by atoms with Crippen molar-refractivity contribution in [1.29, 1.82) is 0 Å². The van der Waals surface area contributed by atoms with Crippen LogP contribution in [0.2, 0.25) is 5.02 Å². The highest BCUT2D eigenvalue weighted by Crippen LogP contribution is 2.44. The van der Waals surface area contributed by atoms with E-state index < -0.39 is 18.7 Å². The molecule has 0 saturated heterocycles. The molecule has 0 atom stereocenters. The van der Waals surface area contributed by atoms with Gasteiger partial charge >= 0.3 is 12.1 Å². The lowest BCUT2D eigenvalue weighted by Crippen LogP contribution is -2.18. The number of fused-ring (bicyclic) bond motifs is 3. The van der Waals surface area contributed by atoms with E-state index in [0.29, 0.717) is 5.69 Å². The van der Waals surface area contributed by atoms with Crippen molar-refractivity contribution in [2.45, 2.75) is 5.92 Å². The molecule has 0 aromatic heterocycles. The third-order valence-corrected chi connectivity index (χ3v) is 5.17. The van der Waals surface area contributed by atoms with Crippen molar-refractivity contribution in [2.24, 2.45) is 0 Å². The predicted molar refractivity (Wildman–Crippen MR) is 113 cm³/mol. The quantitative estimate of drug-likeness (QED) is 0.571. The number of nitrogens with one attached hydrogen (secondary N) is 1. The van der Waals surface area contributed by atoms with E-state index in [1.807, 2.05) is 24.3 Å². The number of anilines is 1. The van der Waals surface area contributed by atoms with E-state index in [1.54, 1.807) is 6.07 Å². The average Bonchev–Trinajstić information content (AvgIpc) is 3.05. The molecule has 1 aliphatic carbocycles. The summed E-state index contributed by atoms with van der Waals surface area (Å²) in [5.41, 5.74) is 5.00. The molecule has 3 aromatic rings. The highest BCUT2D eigenvalue weighted by Gasteiger charge is 2.29. The zero-order chi connectivity index (χ0) is 21.1. The second-order valence-electron chi connectivity index (χ2n) is 6.78. The third-order valence-electron chi connectivity index (χ3n) is 4.87. The van der Waals surface area contributed by atoms with E-state index >= 15 is 0 Å². The Balaban J connectivity index is 1.41. The molecular formula is C23H18ClNO5. The molecule has 1 amide bonds. The average molecular weight is 424 g/mol. The van der Waals surface area contributed by atoms with Crippen LogP contribution in [0.15, 0.2) is 66.7 Å². The van der Waals surface area contributed by atoms with Crippen LogP contribution in [-0.4, -0.2) is 30.4 Å². The van der Waals surface area contributed by atoms with Crippen molar-refractivity contribution in [1.82, 2.24) is 0 Å². The number of carbonyl (C=O) groups is 2. The fourth-order valence-corrected chi connectivity index (χ4v) is 3.82. The van der Waals surface area contributed by atoms with E-state index in [-0.39, 0.29) is 23.3 Å². The van der Waals surface area contributed by atoms with Crippen LogP contribution < -0.4 is 10.1 Å². The first-order valence-corrected chi connectivity index (χ1v) is 9.67. The van der Waals surface area contributed by atoms with E-state index in [2.05, 4.69) is 29.6 Å².